The van der Waals surface area contributed by atoms with Gasteiger partial charge in [-0.2, -0.15) is 10.4 Å². The minimum atomic E-state index is -2.96. The van der Waals surface area contributed by atoms with Crippen LogP contribution >= 0.6 is 11.6 Å². The van der Waals surface area contributed by atoms with Crippen molar-refractivity contribution < 1.29 is 23.2 Å². The molecule has 0 atom stereocenters. The summed E-state index contributed by atoms with van der Waals surface area (Å²) in [5.74, 6) is -1.49. The standard InChI is InChI=1S/C23H20ClF2N7O3/c1-3-36-30-8-7-29-22(34)15-10-14(12-27)9-13(2)19(15)31-23(35)18-11-17(20(25)26)32-33(18)21-16(24)5-4-6-28-21/h4-6,8-11,20H,3,7H2,1-2H3,(H,29,34)(H,31,35)/b30-8+. The van der Waals surface area contributed by atoms with Gasteiger partial charge in [-0.05, 0) is 49.7 Å². The van der Waals surface area contributed by atoms with Crippen molar-refractivity contribution in [3.8, 4) is 11.9 Å². The maximum atomic E-state index is 13.4. The number of carbonyl (C=O) groups excluding carboxylic acids is 2. The lowest BCUT2D eigenvalue weighted by Gasteiger charge is -2.15. The largest absolute Gasteiger partial charge is 0.396 e. The second-order valence-corrected chi connectivity index (χ2v) is 7.58. The first-order chi connectivity index (χ1) is 17.3. The molecule has 0 aliphatic rings. The number of amides is 2. The molecule has 0 fully saturated rings. The molecular formula is C23H20ClF2N7O3. The maximum Gasteiger partial charge on any atom is 0.282 e. The molecule has 0 unspecified atom stereocenters. The van der Waals surface area contributed by atoms with Crippen LogP contribution < -0.4 is 10.6 Å². The van der Waals surface area contributed by atoms with Gasteiger partial charge in [-0.15, -0.1) is 0 Å². The van der Waals surface area contributed by atoms with Crippen molar-refractivity contribution >= 4 is 35.3 Å². The summed E-state index contributed by atoms with van der Waals surface area (Å²) in [4.78, 5) is 34.9. The van der Waals surface area contributed by atoms with Gasteiger partial charge in [0, 0.05) is 6.20 Å². The van der Waals surface area contributed by atoms with Gasteiger partial charge in [0.2, 0.25) is 0 Å². The summed E-state index contributed by atoms with van der Waals surface area (Å²) in [5.41, 5.74) is -0.303. The van der Waals surface area contributed by atoms with Crippen LogP contribution in [0.15, 0.2) is 41.7 Å². The molecule has 0 spiro atoms. The van der Waals surface area contributed by atoms with Gasteiger partial charge in [0.05, 0.1) is 40.7 Å². The van der Waals surface area contributed by atoms with E-state index in [1.165, 1.54) is 36.7 Å². The quantitative estimate of drug-likeness (QED) is 0.326. The molecule has 0 saturated heterocycles. The molecule has 0 aliphatic heterocycles. The van der Waals surface area contributed by atoms with E-state index in [0.717, 1.165) is 10.7 Å². The number of oxime groups is 1. The number of halogens is 3. The minimum Gasteiger partial charge on any atom is -0.396 e. The Hall–Kier alpha value is -4.37. The van der Waals surface area contributed by atoms with Gasteiger partial charge in [0.15, 0.2) is 5.82 Å². The van der Waals surface area contributed by atoms with Crippen LogP contribution in [0.2, 0.25) is 5.02 Å². The zero-order chi connectivity index (χ0) is 26.2. The predicted octanol–water partition coefficient (Wildman–Crippen LogP) is 4.04. The van der Waals surface area contributed by atoms with Gasteiger partial charge in [-0.3, -0.25) is 9.59 Å². The van der Waals surface area contributed by atoms with E-state index in [1.54, 1.807) is 13.8 Å². The third kappa shape index (κ3) is 6.00. The molecule has 2 heterocycles. The monoisotopic (exact) mass is 515 g/mol. The molecule has 2 amide bonds. The molecule has 3 rings (SSSR count). The van der Waals surface area contributed by atoms with Gasteiger partial charge >= 0.3 is 0 Å². The number of carbonyl (C=O) groups is 2. The van der Waals surface area contributed by atoms with Crippen LogP contribution in [0.4, 0.5) is 14.5 Å². The van der Waals surface area contributed by atoms with Gasteiger partial charge in [0.1, 0.15) is 18.0 Å². The van der Waals surface area contributed by atoms with Crippen molar-refractivity contribution in [3.05, 3.63) is 69.6 Å². The Bertz CT molecular complexity index is 1350. The summed E-state index contributed by atoms with van der Waals surface area (Å²) < 4.78 is 27.7. The third-order valence-electron chi connectivity index (χ3n) is 4.70. The van der Waals surface area contributed by atoms with E-state index in [0.29, 0.717) is 12.2 Å². The van der Waals surface area contributed by atoms with Crippen LogP contribution in [0.5, 0.6) is 0 Å². The number of nitrogens with one attached hydrogen (secondary N) is 2. The summed E-state index contributed by atoms with van der Waals surface area (Å²) in [6.07, 6.45) is -0.257. The molecule has 0 aliphatic carbocycles. The van der Waals surface area contributed by atoms with Crippen LogP contribution in [-0.2, 0) is 4.84 Å². The molecular weight excluding hydrogens is 496 g/mol. The number of alkyl halides is 2. The number of aryl methyl sites for hydroxylation is 1. The Morgan fingerprint density at radius 3 is 2.78 bits per heavy atom. The van der Waals surface area contributed by atoms with E-state index in [-0.39, 0.29) is 39.9 Å². The van der Waals surface area contributed by atoms with E-state index in [9.17, 15) is 23.6 Å². The van der Waals surface area contributed by atoms with Crippen molar-refractivity contribution in [1.29, 1.82) is 5.26 Å². The molecule has 2 aromatic heterocycles. The van der Waals surface area contributed by atoms with E-state index in [4.69, 9.17) is 16.4 Å². The Morgan fingerprint density at radius 1 is 1.33 bits per heavy atom. The molecule has 1 aromatic carbocycles. The van der Waals surface area contributed by atoms with Crippen molar-refractivity contribution in [2.75, 3.05) is 18.5 Å². The lowest BCUT2D eigenvalue weighted by atomic mass is 10.0. The summed E-state index contributed by atoms with van der Waals surface area (Å²) in [5, 5.41) is 22.0. The minimum absolute atomic E-state index is 0.0132. The van der Waals surface area contributed by atoms with E-state index >= 15 is 0 Å². The topological polar surface area (TPSA) is 134 Å². The van der Waals surface area contributed by atoms with Crippen molar-refractivity contribution in [3.63, 3.8) is 0 Å². The Balaban J connectivity index is 1.99. The van der Waals surface area contributed by atoms with Crippen LogP contribution in [0.1, 0.15) is 51.0 Å². The van der Waals surface area contributed by atoms with E-state index in [1.807, 2.05) is 6.07 Å². The van der Waals surface area contributed by atoms with Crippen molar-refractivity contribution in [1.82, 2.24) is 20.1 Å². The molecule has 3 aromatic rings. The fourth-order valence-corrected chi connectivity index (χ4v) is 3.34. The molecule has 0 radical (unpaired) electrons. The Kier molecular flexibility index (Phi) is 8.64. The molecule has 10 nitrogen and oxygen atoms in total. The first-order valence-corrected chi connectivity index (χ1v) is 10.9. The zero-order valence-corrected chi connectivity index (χ0v) is 19.9. The van der Waals surface area contributed by atoms with Crippen molar-refractivity contribution in [2.45, 2.75) is 20.3 Å². The predicted molar refractivity (Wildman–Crippen MR) is 128 cm³/mol. The van der Waals surface area contributed by atoms with Gasteiger partial charge < -0.3 is 15.5 Å². The summed E-state index contributed by atoms with van der Waals surface area (Å²) in [6.45, 7) is 3.71. The van der Waals surface area contributed by atoms with Crippen LogP contribution in [0.3, 0.4) is 0 Å². The van der Waals surface area contributed by atoms with Gasteiger partial charge in [0.25, 0.3) is 18.2 Å². The first kappa shape index (κ1) is 26.2. The van der Waals surface area contributed by atoms with E-state index in [2.05, 4.69) is 25.9 Å². The summed E-state index contributed by atoms with van der Waals surface area (Å²) in [6, 6.07) is 8.64. The number of nitriles is 1. The Morgan fingerprint density at radius 2 is 2.11 bits per heavy atom. The van der Waals surface area contributed by atoms with Crippen molar-refractivity contribution in [2.24, 2.45) is 5.16 Å². The SMILES string of the molecule is CCO/N=C/CNC(=O)c1cc(C#N)cc(C)c1NC(=O)c1cc(C(F)F)nn1-c1ncccc1Cl. The second kappa shape index (κ2) is 11.9. The molecule has 13 heteroatoms. The fourth-order valence-electron chi connectivity index (χ4n) is 3.13. The van der Waals surface area contributed by atoms with E-state index < -0.39 is 23.9 Å². The number of anilines is 1. The van der Waals surface area contributed by atoms with Gasteiger partial charge in [-0.25, -0.2) is 18.4 Å². The summed E-state index contributed by atoms with van der Waals surface area (Å²) >= 11 is 6.14. The van der Waals surface area contributed by atoms with Gasteiger partial charge in [-0.1, -0.05) is 16.8 Å². The lowest BCUT2D eigenvalue weighted by Crippen LogP contribution is -2.28. The molecule has 36 heavy (non-hydrogen) atoms. The third-order valence-corrected chi connectivity index (χ3v) is 5.00. The highest BCUT2D eigenvalue weighted by Crippen LogP contribution is 2.27. The number of hydrogen-bond acceptors (Lipinski definition) is 7. The van der Waals surface area contributed by atoms with Crippen LogP contribution in [0, 0.1) is 18.3 Å². The number of pyridine rings is 1. The highest BCUT2D eigenvalue weighted by Gasteiger charge is 2.25. The number of hydrogen-bond donors (Lipinski definition) is 2. The molecule has 186 valence electrons. The molecule has 0 bridgehead atoms. The fraction of sp³-hybridized carbons (Fsp3) is 0.217. The molecule has 2 N–H and O–H groups in total. The second-order valence-electron chi connectivity index (χ2n) is 7.17. The lowest BCUT2D eigenvalue weighted by molar-refractivity contribution is 0.0959. The average Bonchev–Trinajstić information content (AvgIpc) is 3.31. The summed E-state index contributed by atoms with van der Waals surface area (Å²) in [7, 11) is 0. The highest BCUT2D eigenvalue weighted by atomic mass is 35.5. The number of benzene rings is 1. The van der Waals surface area contributed by atoms with Crippen LogP contribution in [-0.4, -0.2) is 45.9 Å². The normalized spacial score (nSPS) is 10.9. The molecule has 0 saturated carbocycles. The Labute approximate surface area is 209 Å². The number of aromatic nitrogens is 3. The van der Waals surface area contributed by atoms with Crippen LogP contribution in [0.25, 0.3) is 5.82 Å². The first-order valence-electron chi connectivity index (χ1n) is 10.5. The zero-order valence-electron chi connectivity index (χ0n) is 19.1. The maximum absolute atomic E-state index is 13.4. The number of rotatable bonds is 9. The average molecular weight is 516 g/mol. The number of nitrogens with zero attached hydrogens (tertiary/aromatic N) is 5. The smallest absolute Gasteiger partial charge is 0.282 e. The highest BCUT2D eigenvalue weighted by molar-refractivity contribution is 6.32.